The Balaban J connectivity index is 1.23. The average Bonchev–Trinajstić information content (AvgIpc) is 3.33. The number of carbonyl (C=O) groups excluding carboxylic acids is 1. The van der Waals surface area contributed by atoms with Gasteiger partial charge >= 0.3 is 0 Å². The topological polar surface area (TPSA) is 65.4 Å². The van der Waals surface area contributed by atoms with Crippen LogP contribution >= 0.6 is 0 Å². The van der Waals surface area contributed by atoms with E-state index in [4.69, 9.17) is 9.47 Å². The summed E-state index contributed by atoms with van der Waals surface area (Å²) in [5, 5.41) is 2.92. The number of benzene rings is 2. The van der Waals surface area contributed by atoms with Crippen LogP contribution in [0.25, 0.3) is 11.4 Å². The Hall–Kier alpha value is -3.28. The summed E-state index contributed by atoms with van der Waals surface area (Å²) < 4.78 is 13.8. The van der Waals surface area contributed by atoms with Gasteiger partial charge in [-0.15, -0.1) is 0 Å². The van der Waals surface area contributed by atoms with E-state index in [1.54, 1.807) is 6.20 Å². The van der Waals surface area contributed by atoms with E-state index < -0.39 is 0 Å². The van der Waals surface area contributed by atoms with Crippen molar-refractivity contribution in [3.05, 3.63) is 66.5 Å². The van der Waals surface area contributed by atoms with Crippen LogP contribution in [0.3, 0.4) is 0 Å². The van der Waals surface area contributed by atoms with Crippen molar-refractivity contribution in [2.45, 2.75) is 38.8 Å². The first-order valence-electron chi connectivity index (χ1n) is 10.3. The van der Waals surface area contributed by atoms with Crippen LogP contribution in [0.4, 0.5) is 0 Å². The molecule has 4 rings (SSSR count). The number of amides is 1. The minimum absolute atomic E-state index is 0.0272. The third-order valence-electron chi connectivity index (χ3n) is 5.06. The van der Waals surface area contributed by atoms with E-state index in [0.717, 1.165) is 42.1 Å². The summed E-state index contributed by atoms with van der Waals surface area (Å²) in [5.41, 5.74) is 1.96. The number of aryl methyl sites for hydroxylation is 1. The number of hydrogen-bond acceptors (Lipinski definition) is 4. The molecule has 156 valence electrons. The fourth-order valence-electron chi connectivity index (χ4n) is 3.71. The Bertz CT molecular complexity index is 1010. The second kappa shape index (κ2) is 8.61. The third kappa shape index (κ3) is 4.64. The molecule has 1 N–H and O–H groups in total. The van der Waals surface area contributed by atoms with Gasteiger partial charge in [0.15, 0.2) is 18.1 Å². The molecule has 2 heterocycles. The Morgan fingerprint density at radius 3 is 2.87 bits per heavy atom. The van der Waals surface area contributed by atoms with E-state index in [1.807, 2.05) is 68.6 Å². The van der Waals surface area contributed by atoms with E-state index in [0.29, 0.717) is 12.3 Å². The first-order valence-corrected chi connectivity index (χ1v) is 10.3. The SMILES string of the molecule is CC1(C)Cc2cccc(OCC(=O)NCCCn3ccnc3-c3ccccc3)c2O1. The van der Waals surface area contributed by atoms with Crippen molar-refractivity contribution < 1.29 is 14.3 Å². The molecular weight excluding hydrogens is 378 g/mol. The van der Waals surface area contributed by atoms with Gasteiger partial charge in [-0.25, -0.2) is 4.98 Å². The number of imidazole rings is 1. The molecule has 0 spiro atoms. The molecule has 3 aromatic rings. The lowest BCUT2D eigenvalue weighted by molar-refractivity contribution is -0.123. The number of rotatable bonds is 8. The second-order valence-electron chi connectivity index (χ2n) is 8.09. The average molecular weight is 405 g/mol. The Kier molecular flexibility index (Phi) is 5.74. The van der Waals surface area contributed by atoms with Gasteiger partial charge in [0.2, 0.25) is 0 Å². The van der Waals surface area contributed by atoms with Crippen molar-refractivity contribution in [3.8, 4) is 22.9 Å². The maximum Gasteiger partial charge on any atom is 0.257 e. The standard InChI is InChI=1S/C24H27N3O3/c1-24(2)16-19-10-6-11-20(22(19)30-24)29-17-21(28)25-12-7-14-27-15-13-26-23(27)18-8-4-3-5-9-18/h3-6,8-11,13,15H,7,12,14,16-17H2,1-2H3,(H,25,28). The molecule has 0 unspecified atom stereocenters. The highest BCUT2D eigenvalue weighted by molar-refractivity contribution is 5.77. The van der Waals surface area contributed by atoms with Gasteiger partial charge in [0.05, 0.1) is 0 Å². The van der Waals surface area contributed by atoms with Crippen molar-refractivity contribution in [3.63, 3.8) is 0 Å². The van der Waals surface area contributed by atoms with Gasteiger partial charge in [0.1, 0.15) is 11.4 Å². The molecule has 0 aliphatic carbocycles. The van der Waals surface area contributed by atoms with E-state index in [9.17, 15) is 4.79 Å². The van der Waals surface area contributed by atoms with Crippen LogP contribution in [0, 0.1) is 0 Å². The molecule has 1 amide bonds. The van der Waals surface area contributed by atoms with Gasteiger partial charge in [0, 0.05) is 43.0 Å². The number of carbonyl (C=O) groups is 1. The van der Waals surface area contributed by atoms with Crippen molar-refractivity contribution in [1.82, 2.24) is 14.9 Å². The van der Waals surface area contributed by atoms with Crippen molar-refractivity contribution in [2.24, 2.45) is 0 Å². The third-order valence-corrected chi connectivity index (χ3v) is 5.06. The number of fused-ring (bicyclic) bond motifs is 1. The lowest BCUT2D eigenvalue weighted by atomic mass is 10.0. The van der Waals surface area contributed by atoms with Crippen LogP contribution in [-0.4, -0.2) is 34.2 Å². The molecule has 6 heteroatoms. The fourth-order valence-corrected chi connectivity index (χ4v) is 3.71. The van der Waals surface area contributed by atoms with Gasteiger partial charge < -0.3 is 19.4 Å². The molecular formula is C24H27N3O3. The van der Waals surface area contributed by atoms with Gasteiger partial charge in [-0.1, -0.05) is 42.5 Å². The van der Waals surface area contributed by atoms with Crippen LogP contribution in [0.5, 0.6) is 11.5 Å². The molecule has 2 aromatic carbocycles. The van der Waals surface area contributed by atoms with Gasteiger partial charge in [-0.2, -0.15) is 0 Å². The van der Waals surface area contributed by atoms with Crippen LogP contribution < -0.4 is 14.8 Å². The highest BCUT2D eigenvalue weighted by Crippen LogP contribution is 2.41. The largest absolute Gasteiger partial charge is 0.483 e. The Labute approximate surface area is 176 Å². The maximum atomic E-state index is 12.2. The normalized spacial score (nSPS) is 14.1. The number of nitrogens with one attached hydrogen (secondary N) is 1. The maximum absolute atomic E-state index is 12.2. The summed E-state index contributed by atoms with van der Waals surface area (Å²) in [6.45, 7) is 5.42. The van der Waals surface area contributed by atoms with Crippen molar-refractivity contribution in [1.29, 1.82) is 0 Å². The highest BCUT2D eigenvalue weighted by Gasteiger charge is 2.32. The van der Waals surface area contributed by atoms with Crippen LogP contribution in [-0.2, 0) is 17.8 Å². The molecule has 1 aromatic heterocycles. The van der Waals surface area contributed by atoms with Crippen molar-refractivity contribution in [2.75, 3.05) is 13.2 Å². The first-order chi connectivity index (χ1) is 14.5. The number of para-hydroxylation sites is 1. The van der Waals surface area contributed by atoms with Crippen LogP contribution in [0.15, 0.2) is 60.9 Å². The monoisotopic (exact) mass is 405 g/mol. The van der Waals surface area contributed by atoms with Crippen LogP contribution in [0.1, 0.15) is 25.8 Å². The summed E-state index contributed by atoms with van der Waals surface area (Å²) >= 11 is 0. The lowest BCUT2D eigenvalue weighted by Gasteiger charge is -2.18. The Morgan fingerprint density at radius 2 is 2.03 bits per heavy atom. The summed E-state index contributed by atoms with van der Waals surface area (Å²) in [6, 6.07) is 15.9. The molecule has 6 nitrogen and oxygen atoms in total. The smallest absolute Gasteiger partial charge is 0.257 e. The van der Waals surface area contributed by atoms with Crippen LogP contribution in [0.2, 0.25) is 0 Å². The quantitative estimate of drug-likeness (QED) is 0.578. The zero-order valence-electron chi connectivity index (χ0n) is 17.4. The second-order valence-corrected chi connectivity index (χ2v) is 8.09. The minimum Gasteiger partial charge on any atom is -0.483 e. The lowest BCUT2D eigenvalue weighted by Crippen LogP contribution is -2.30. The van der Waals surface area contributed by atoms with Gasteiger partial charge in [-0.05, 0) is 26.3 Å². The fraction of sp³-hybridized carbons (Fsp3) is 0.333. The molecule has 0 fully saturated rings. The molecule has 0 saturated carbocycles. The molecule has 0 radical (unpaired) electrons. The zero-order valence-corrected chi connectivity index (χ0v) is 17.4. The van der Waals surface area contributed by atoms with Crippen molar-refractivity contribution >= 4 is 5.91 Å². The number of aromatic nitrogens is 2. The summed E-state index contributed by atoms with van der Waals surface area (Å²) in [7, 11) is 0. The summed E-state index contributed by atoms with van der Waals surface area (Å²) in [4.78, 5) is 16.6. The highest BCUT2D eigenvalue weighted by atomic mass is 16.5. The first kappa shape index (κ1) is 20.0. The predicted molar refractivity (Wildman–Crippen MR) is 116 cm³/mol. The molecule has 0 bridgehead atoms. The zero-order chi connectivity index (χ0) is 21.0. The van der Waals surface area contributed by atoms with E-state index in [2.05, 4.69) is 14.9 Å². The number of nitrogens with zero attached hydrogens (tertiary/aromatic N) is 2. The molecule has 0 atom stereocenters. The summed E-state index contributed by atoms with van der Waals surface area (Å²) in [6.07, 6.45) is 5.41. The number of ether oxygens (including phenoxy) is 2. The van der Waals surface area contributed by atoms with E-state index in [-0.39, 0.29) is 18.1 Å². The van der Waals surface area contributed by atoms with Gasteiger partial charge in [0.25, 0.3) is 5.91 Å². The van der Waals surface area contributed by atoms with E-state index >= 15 is 0 Å². The Morgan fingerprint density at radius 1 is 1.20 bits per heavy atom. The van der Waals surface area contributed by atoms with E-state index in [1.165, 1.54) is 0 Å². The molecule has 30 heavy (non-hydrogen) atoms. The molecule has 1 aliphatic heterocycles. The molecule has 0 saturated heterocycles. The minimum atomic E-state index is -0.240. The predicted octanol–water partition coefficient (Wildman–Crippen LogP) is 3.85. The molecule has 1 aliphatic rings. The summed E-state index contributed by atoms with van der Waals surface area (Å²) in [5.74, 6) is 2.17. The number of hydrogen-bond donors (Lipinski definition) is 1. The van der Waals surface area contributed by atoms with Gasteiger partial charge in [-0.3, -0.25) is 4.79 Å².